The zero-order valence-electron chi connectivity index (χ0n) is 11.4. The van der Waals surface area contributed by atoms with Crippen LogP contribution in [0.4, 0.5) is 0 Å². The summed E-state index contributed by atoms with van der Waals surface area (Å²) in [6.07, 6.45) is 6.11. The summed E-state index contributed by atoms with van der Waals surface area (Å²) in [7, 11) is -3.16. The quantitative estimate of drug-likeness (QED) is 0.782. The Kier molecular flexibility index (Phi) is 4.12. The zero-order chi connectivity index (χ0) is 13.3. The van der Waals surface area contributed by atoms with Gasteiger partial charge in [0.1, 0.15) is 0 Å². The first-order chi connectivity index (χ1) is 9.15. The molecule has 3 aliphatic rings. The van der Waals surface area contributed by atoms with Crippen molar-refractivity contribution in [3.63, 3.8) is 0 Å². The van der Waals surface area contributed by atoms with Crippen LogP contribution in [0.25, 0.3) is 0 Å². The Morgan fingerprint density at radius 2 is 2.00 bits per heavy atom. The maximum Gasteiger partial charge on any atom is 0.216 e. The van der Waals surface area contributed by atoms with Crippen LogP contribution in [0.1, 0.15) is 38.5 Å². The number of rotatable bonds is 6. The molecule has 19 heavy (non-hydrogen) atoms. The molecule has 0 aromatic rings. The third kappa shape index (κ3) is 3.48. The van der Waals surface area contributed by atoms with E-state index in [9.17, 15) is 8.42 Å². The maximum atomic E-state index is 12.6. The highest BCUT2D eigenvalue weighted by Crippen LogP contribution is 2.31. The molecule has 1 saturated carbocycles. The predicted octanol–water partition coefficient (Wildman–Crippen LogP) is 0.712. The molecule has 3 rings (SSSR count). The minimum absolute atomic E-state index is 0.0808. The minimum atomic E-state index is -3.16. The number of nitrogens with zero attached hydrogens (tertiary/aromatic N) is 1. The molecule has 1 aliphatic carbocycles. The third-order valence-corrected chi connectivity index (χ3v) is 6.25. The van der Waals surface area contributed by atoms with E-state index in [1.165, 1.54) is 0 Å². The van der Waals surface area contributed by atoms with E-state index in [-0.39, 0.29) is 17.9 Å². The van der Waals surface area contributed by atoms with Gasteiger partial charge in [-0.2, -0.15) is 4.31 Å². The first-order valence-electron chi connectivity index (χ1n) is 7.50. The van der Waals surface area contributed by atoms with Gasteiger partial charge in [-0.3, -0.25) is 0 Å². The van der Waals surface area contributed by atoms with Gasteiger partial charge in [-0.25, -0.2) is 8.42 Å². The van der Waals surface area contributed by atoms with E-state index in [4.69, 9.17) is 4.74 Å². The van der Waals surface area contributed by atoms with Gasteiger partial charge in [0, 0.05) is 25.2 Å². The van der Waals surface area contributed by atoms with Crippen molar-refractivity contribution < 1.29 is 13.2 Å². The van der Waals surface area contributed by atoms with Crippen molar-refractivity contribution in [1.82, 2.24) is 9.62 Å². The van der Waals surface area contributed by atoms with Gasteiger partial charge < -0.3 is 10.1 Å². The monoisotopic (exact) mass is 288 g/mol. The van der Waals surface area contributed by atoms with E-state index in [0.29, 0.717) is 19.2 Å². The molecule has 2 atom stereocenters. The van der Waals surface area contributed by atoms with Gasteiger partial charge in [0.2, 0.25) is 10.0 Å². The van der Waals surface area contributed by atoms with Crippen molar-refractivity contribution in [3.05, 3.63) is 0 Å². The number of ether oxygens (including phenoxy) is 1. The summed E-state index contributed by atoms with van der Waals surface area (Å²) in [5.74, 6) is 0.177. The summed E-state index contributed by atoms with van der Waals surface area (Å²) in [4.78, 5) is 0. The smallest absolute Gasteiger partial charge is 0.216 e. The van der Waals surface area contributed by atoms with Crippen LogP contribution in [0.15, 0.2) is 0 Å². The van der Waals surface area contributed by atoms with Gasteiger partial charge in [-0.15, -0.1) is 0 Å². The number of nitrogens with one attached hydrogen (secondary N) is 1. The van der Waals surface area contributed by atoms with Crippen molar-refractivity contribution in [2.75, 3.05) is 25.4 Å². The second kappa shape index (κ2) is 5.68. The van der Waals surface area contributed by atoms with E-state index >= 15 is 0 Å². The number of sulfonamides is 1. The lowest BCUT2D eigenvalue weighted by atomic mass is 10.2. The molecule has 5 nitrogen and oxygen atoms in total. The van der Waals surface area contributed by atoms with Crippen molar-refractivity contribution >= 4 is 10.0 Å². The summed E-state index contributed by atoms with van der Waals surface area (Å²) in [5.41, 5.74) is 0. The van der Waals surface area contributed by atoms with Crippen LogP contribution in [-0.2, 0) is 14.8 Å². The van der Waals surface area contributed by atoms with Gasteiger partial charge in [0.05, 0.1) is 11.9 Å². The fraction of sp³-hybridized carbons (Fsp3) is 1.00. The molecular formula is C13H24N2O3S. The predicted molar refractivity (Wildman–Crippen MR) is 73.5 cm³/mol. The molecular weight excluding hydrogens is 264 g/mol. The Labute approximate surface area is 115 Å². The molecule has 0 aromatic heterocycles. The zero-order valence-corrected chi connectivity index (χ0v) is 12.2. The van der Waals surface area contributed by atoms with Crippen LogP contribution in [0.3, 0.4) is 0 Å². The number of hydrogen-bond donors (Lipinski definition) is 1. The third-order valence-electron chi connectivity index (χ3n) is 4.29. The Hall–Kier alpha value is -0.170. The SMILES string of the molecule is O=S(=O)(CC1CCCO1)N(CC1CCCN1)C1CC1. The lowest BCUT2D eigenvalue weighted by Gasteiger charge is -2.26. The van der Waals surface area contributed by atoms with E-state index < -0.39 is 10.0 Å². The fourth-order valence-electron chi connectivity index (χ4n) is 3.09. The second-order valence-electron chi connectivity index (χ2n) is 6.01. The fourth-order valence-corrected chi connectivity index (χ4v) is 5.08. The number of hydrogen-bond acceptors (Lipinski definition) is 4. The Morgan fingerprint density at radius 1 is 1.16 bits per heavy atom. The van der Waals surface area contributed by atoms with Gasteiger partial charge in [-0.05, 0) is 45.1 Å². The molecule has 3 fully saturated rings. The van der Waals surface area contributed by atoms with Gasteiger partial charge in [0.15, 0.2) is 0 Å². The van der Waals surface area contributed by atoms with Gasteiger partial charge in [0.25, 0.3) is 0 Å². The van der Waals surface area contributed by atoms with Crippen LogP contribution in [0.5, 0.6) is 0 Å². The molecule has 2 unspecified atom stereocenters. The maximum absolute atomic E-state index is 12.6. The highest BCUT2D eigenvalue weighted by molar-refractivity contribution is 7.89. The van der Waals surface area contributed by atoms with Crippen molar-refractivity contribution in [1.29, 1.82) is 0 Å². The molecule has 0 amide bonds. The normalized spacial score (nSPS) is 32.3. The van der Waals surface area contributed by atoms with Crippen LogP contribution < -0.4 is 5.32 Å². The average molecular weight is 288 g/mol. The Morgan fingerprint density at radius 3 is 2.58 bits per heavy atom. The summed E-state index contributed by atoms with van der Waals surface area (Å²) in [5, 5.41) is 3.40. The molecule has 2 heterocycles. The van der Waals surface area contributed by atoms with E-state index in [2.05, 4.69) is 5.32 Å². The van der Waals surface area contributed by atoms with E-state index in [1.807, 2.05) is 0 Å². The van der Waals surface area contributed by atoms with Crippen molar-refractivity contribution in [2.45, 2.75) is 56.7 Å². The highest BCUT2D eigenvalue weighted by Gasteiger charge is 2.40. The Balaban J connectivity index is 1.63. The minimum Gasteiger partial charge on any atom is -0.377 e. The summed E-state index contributed by atoms with van der Waals surface area (Å²) < 4.78 is 32.4. The van der Waals surface area contributed by atoms with Gasteiger partial charge >= 0.3 is 0 Å². The summed E-state index contributed by atoms with van der Waals surface area (Å²) in [6, 6.07) is 0.605. The molecule has 0 bridgehead atoms. The lowest BCUT2D eigenvalue weighted by Crippen LogP contribution is -2.44. The topological polar surface area (TPSA) is 58.6 Å². The lowest BCUT2D eigenvalue weighted by molar-refractivity contribution is 0.126. The first kappa shape index (κ1) is 13.8. The summed E-state index contributed by atoms with van der Waals surface area (Å²) >= 11 is 0. The van der Waals surface area contributed by atoms with Crippen LogP contribution >= 0.6 is 0 Å². The molecule has 110 valence electrons. The molecule has 0 spiro atoms. The Bertz CT molecular complexity index is 396. The van der Waals surface area contributed by atoms with Crippen LogP contribution in [0, 0.1) is 0 Å². The molecule has 1 N–H and O–H groups in total. The van der Waals surface area contributed by atoms with Crippen LogP contribution in [0.2, 0.25) is 0 Å². The second-order valence-corrected chi connectivity index (χ2v) is 7.97. The van der Waals surface area contributed by atoms with Crippen molar-refractivity contribution in [3.8, 4) is 0 Å². The average Bonchev–Trinajstić information content (AvgIpc) is 2.87. The van der Waals surface area contributed by atoms with E-state index in [1.54, 1.807) is 4.31 Å². The van der Waals surface area contributed by atoms with Gasteiger partial charge in [-0.1, -0.05) is 0 Å². The summed E-state index contributed by atoms with van der Waals surface area (Å²) in [6.45, 7) is 2.39. The molecule has 6 heteroatoms. The van der Waals surface area contributed by atoms with E-state index in [0.717, 1.165) is 45.1 Å². The molecule has 2 saturated heterocycles. The largest absolute Gasteiger partial charge is 0.377 e. The molecule has 0 radical (unpaired) electrons. The first-order valence-corrected chi connectivity index (χ1v) is 9.10. The van der Waals surface area contributed by atoms with Crippen molar-refractivity contribution in [2.24, 2.45) is 0 Å². The van der Waals surface area contributed by atoms with Crippen LogP contribution in [-0.4, -0.2) is 56.4 Å². The molecule has 2 aliphatic heterocycles. The highest BCUT2D eigenvalue weighted by atomic mass is 32.2. The standard InChI is InChI=1S/C13H24N2O3S/c16-19(17,10-13-4-2-8-18-13)15(12-5-6-12)9-11-3-1-7-14-11/h11-14H,1-10H2. The molecule has 0 aromatic carbocycles.